The fraction of sp³-hybridized carbons (Fsp3) is 0.188. The molecule has 2 aromatic carbocycles. The van der Waals surface area contributed by atoms with E-state index in [1.165, 1.54) is 12.1 Å². The maximum absolute atomic E-state index is 13.2. The van der Waals surface area contributed by atoms with E-state index in [4.69, 9.17) is 4.74 Å². The largest absolute Gasteiger partial charge is 0.496 e. The first-order valence-corrected chi connectivity index (χ1v) is 7.22. The molecule has 1 amide bonds. The van der Waals surface area contributed by atoms with Crippen molar-refractivity contribution in [1.82, 2.24) is 5.32 Å². The summed E-state index contributed by atoms with van der Waals surface area (Å²) in [5.41, 5.74) is 1.51. The molecule has 0 spiro atoms. The SMILES string of the molecule is COc1ccccc1CC(=O)NCc1cc(F)ccc1Br. The summed E-state index contributed by atoms with van der Waals surface area (Å²) in [4.78, 5) is 12.0. The summed E-state index contributed by atoms with van der Waals surface area (Å²) in [6.45, 7) is 0.270. The first kappa shape index (κ1) is 15.5. The lowest BCUT2D eigenvalue weighted by atomic mass is 10.1. The van der Waals surface area contributed by atoms with Crippen molar-refractivity contribution in [3.05, 3.63) is 63.9 Å². The van der Waals surface area contributed by atoms with Crippen LogP contribution in [-0.4, -0.2) is 13.0 Å². The van der Waals surface area contributed by atoms with Crippen LogP contribution in [0, 0.1) is 5.82 Å². The van der Waals surface area contributed by atoms with Gasteiger partial charge in [0.15, 0.2) is 0 Å². The molecular formula is C16H15BrFNO2. The molecule has 0 radical (unpaired) electrons. The van der Waals surface area contributed by atoms with E-state index in [1.807, 2.05) is 24.3 Å². The highest BCUT2D eigenvalue weighted by atomic mass is 79.9. The quantitative estimate of drug-likeness (QED) is 0.895. The number of carbonyl (C=O) groups excluding carboxylic acids is 1. The number of para-hydroxylation sites is 1. The predicted octanol–water partition coefficient (Wildman–Crippen LogP) is 3.46. The number of hydrogen-bond acceptors (Lipinski definition) is 2. The van der Waals surface area contributed by atoms with E-state index in [1.54, 1.807) is 13.2 Å². The Hall–Kier alpha value is -1.88. The first-order valence-electron chi connectivity index (χ1n) is 6.42. The van der Waals surface area contributed by atoms with Crippen LogP contribution in [0.2, 0.25) is 0 Å². The Morgan fingerprint density at radius 3 is 2.76 bits per heavy atom. The van der Waals surface area contributed by atoms with Crippen molar-refractivity contribution < 1.29 is 13.9 Å². The van der Waals surface area contributed by atoms with E-state index < -0.39 is 0 Å². The van der Waals surface area contributed by atoms with Crippen molar-refractivity contribution in [2.45, 2.75) is 13.0 Å². The van der Waals surface area contributed by atoms with Crippen LogP contribution in [0.15, 0.2) is 46.9 Å². The standard InChI is InChI=1S/C16H15BrFNO2/c1-21-15-5-3-2-4-11(15)9-16(20)19-10-12-8-13(18)6-7-14(12)17/h2-8H,9-10H2,1H3,(H,19,20). The molecule has 110 valence electrons. The topological polar surface area (TPSA) is 38.3 Å². The molecule has 2 rings (SSSR count). The summed E-state index contributed by atoms with van der Waals surface area (Å²) in [5, 5.41) is 2.78. The van der Waals surface area contributed by atoms with Crippen molar-refractivity contribution in [2.75, 3.05) is 7.11 Å². The average molecular weight is 352 g/mol. The zero-order valence-electron chi connectivity index (χ0n) is 11.5. The second-order valence-electron chi connectivity index (χ2n) is 4.50. The number of carbonyl (C=O) groups is 1. The predicted molar refractivity (Wildman–Crippen MR) is 82.6 cm³/mol. The van der Waals surface area contributed by atoms with E-state index in [9.17, 15) is 9.18 Å². The van der Waals surface area contributed by atoms with E-state index in [2.05, 4.69) is 21.2 Å². The van der Waals surface area contributed by atoms with Crippen LogP contribution in [0.3, 0.4) is 0 Å². The van der Waals surface area contributed by atoms with Gasteiger partial charge in [0.05, 0.1) is 13.5 Å². The van der Waals surface area contributed by atoms with Gasteiger partial charge in [-0.25, -0.2) is 4.39 Å². The molecule has 0 aliphatic rings. The number of methoxy groups -OCH3 is 1. The number of hydrogen-bond donors (Lipinski definition) is 1. The number of amides is 1. The number of ether oxygens (including phenoxy) is 1. The van der Waals surface area contributed by atoms with E-state index in [-0.39, 0.29) is 24.7 Å². The van der Waals surface area contributed by atoms with Gasteiger partial charge in [0, 0.05) is 16.6 Å². The Labute approximate surface area is 131 Å². The molecule has 21 heavy (non-hydrogen) atoms. The third kappa shape index (κ3) is 4.29. The van der Waals surface area contributed by atoms with Crippen molar-refractivity contribution in [3.8, 4) is 5.75 Å². The first-order chi connectivity index (χ1) is 10.1. The van der Waals surface area contributed by atoms with Gasteiger partial charge in [-0.05, 0) is 29.8 Å². The second-order valence-corrected chi connectivity index (χ2v) is 5.36. The molecule has 0 saturated heterocycles. The summed E-state index contributed by atoms with van der Waals surface area (Å²) in [6, 6.07) is 11.7. The lowest BCUT2D eigenvalue weighted by Gasteiger charge is -2.10. The minimum atomic E-state index is -0.327. The summed E-state index contributed by atoms with van der Waals surface area (Å²) in [7, 11) is 1.57. The van der Waals surface area contributed by atoms with Crippen LogP contribution in [0.25, 0.3) is 0 Å². The average Bonchev–Trinajstić information content (AvgIpc) is 2.49. The van der Waals surface area contributed by atoms with E-state index in [0.717, 1.165) is 10.0 Å². The van der Waals surface area contributed by atoms with Gasteiger partial charge in [-0.1, -0.05) is 34.1 Å². The summed E-state index contributed by atoms with van der Waals surface area (Å²) < 4.78 is 19.1. The number of nitrogens with one attached hydrogen (secondary N) is 1. The minimum absolute atomic E-state index is 0.143. The van der Waals surface area contributed by atoms with Crippen molar-refractivity contribution in [2.24, 2.45) is 0 Å². The Morgan fingerprint density at radius 2 is 2.00 bits per heavy atom. The molecule has 0 aliphatic heterocycles. The van der Waals surface area contributed by atoms with Crippen LogP contribution in [0.4, 0.5) is 4.39 Å². The summed E-state index contributed by atoms with van der Waals surface area (Å²) in [6.07, 6.45) is 0.219. The summed E-state index contributed by atoms with van der Waals surface area (Å²) in [5.74, 6) is 0.211. The molecule has 0 atom stereocenters. The van der Waals surface area contributed by atoms with Gasteiger partial charge in [0.1, 0.15) is 11.6 Å². The highest BCUT2D eigenvalue weighted by molar-refractivity contribution is 9.10. The monoisotopic (exact) mass is 351 g/mol. The van der Waals surface area contributed by atoms with Crippen LogP contribution in [0.1, 0.15) is 11.1 Å². The van der Waals surface area contributed by atoms with Gasteiger partial charge in [-0.15, -0.1) is 0 Å². The lowest BCUT2D eigenvalue weighted by molar-refractivity contribution is -0.120. The van der Waals surface area contributed by atoms with Crippen molar-refractivity contribution in [3.63, 3.8) is 0 Å². The lowest BCUT2D eigenvalue weighted by Crippen LogP contribution is -2.25. The highest BCUT2D eigenvalue weighted by Crippen LogP contribution is 2.19. The second kappa shape index (κ2) is 7.22. The zero-order valence-corrected chi connectivity index (χ0v) is 13.1. The third-order valence-electron chi connectivity index (χ3n) is 3.03. The molecule has 0 aliphatic carbocycles. The number of rotatable bonds is 5. The molecule has 1 N–H and O–H groups in total. The van der Waals surface area contributed by atoms with Gasteiger partial charge in [0.2, 0.25) is 5.91 Å². The van der Waals surface area contributed by atoms with Crippen molar-refractivity contribution >= 4 is 21.8 Å². The van der Waals surface area contributed by atoms with Crippen LogP contribution < -0.4 is 10.1 Å². The Morgan fingerprint density at radius 1 is 1.24 bits per heavy atom. The molecule has 2 aromatic rings. The highest BCUT2D eigenvalue weighted by Gasteiger charge is 2.09. The molecule has 3 nitrogen and oxygen atoms in total. The van der Waals surface area contributed by atoms with Crippen LogP contribution >= 0.6 is 15.9 Å². The molecule has 0 fully saturated rings. The van der Waals surface area contributed by atoms with E-state index in [0.29, 0.717) is 11.3 Å². The van der Waals surface area contributed by atoms with Gasteiger partial charge in [-0.3, -0.25) is 4.79 Å². The van der Waals surface area contributed by atoms with Crippen molar-refractivity contribution in [1.29, 1.82) is 0 Å². The normalized spacial score (nSPS) is 10.2. The molecule has 0 unspecified atom stereocenters. The Balaban J connectivity index is 1.97. The Kier molecular flexibility index (Phi) is 5.33. The van der Waals surface area contributed by atoms with Crippen LogP contribution in [-0.2, 0) is 17.8 Å². The molecule has 0 bridgehead atoms. The number of benzene rings is 2. The molecule has 5 heteroatoms. The fourth-order valence-electron chi connectivity index (χ4n) is 1.96. The van der Waals surface area contributed by atoms with E-state index >= 15 is 0 Å². The number of halogens is 2. The zero-order chi connectivity index (χ0) is 15.2. The minimum Gasteiger partial charge on any atom is -0.496 e. The third-order valence-corrected chi connectivity index (χ3v) is 3.80. The molecule has 0 aromatic heterocycles. The van der Waals surface area contributed by atoms with Gasteiger partial charge in [0.25, 0.3) is 0 Å². The van der Waals surface area contributed by atoms with Gasteiger partial charge < -0.3 is 10.1 Å². The molecule has 0 saturated carbocycles. The smallest absolute Gasteiger partial charge is 0.224 e. The Bertz CT molecular complexity index is 646. The molecule has 0 heterocycles. The fourth-order valence-corrected chi connectivity index (χ4v) is 2.34. The maximum Gasteiger partial charge on any atom is 0.224 e. The molecular weight excluding hydrogens is 337 g/mol. The summed E-state index contributed by atoms with van der Waals surface area (Å²) >= 11 is 3.33. The van der Waals surface area contributed by atoms with Crippen LogP contribution in [0.5, 0.6) is 5.75 Å². The van der Waals surface area contributed by atoms with Gasteiger partial charge in [-0.2, -0.15) is 0 Å². The van der Waals surface area contributed by atoms with Gasteiger partial charge >= 0.3 is 0 Å². The maximum atomic E-state index is 13.2.